The number of aliphatic hydroxyl groups excluding tert-OH is 1. The van der Waals surface area contributed by atoms with E-state index in [0.717, 1.165) is 22.2 Å². The highest BCUT2D eigenvalue weighted by atomic mass is 79.9. The van der Waals surface area contributed by atoms with Gasteiger partial charge in [-0.3, -0.25) is 4.68 Å². The van der Waals surface area contributed by atoms with Gasteiger partial charge in [0.05, 0.1) is 16.4 Å². The molecule has 0 aliphatic heterocycles. The van der Waals surface area contributed by atoms with Crippen LogP contribution in [0.4, 0.5) is 0 Å². The lowest BCUT2D eigenvalue weighted by atomic mass is 9.89. The normalized spacial score (nSPS) is 14.4. The molecule has 2 aromatic rings. The first-order chi connectivity index (χ1) is 8.65. The Balaban J connectivity index is 2.34. The average molecular weight is 309 g/mol. The summed E-state index contributed by atoms with van der Waals surface area (Å²) in [4.78, 5) is 0. The van der Waals surface area contributed by atoms with Crippen molar-refractivity contribution in [2.45, 2.75) is 25.4 Å². The average Bonchev–Trinajstić information content (AvgIpc) is 2.71. The van der Waals surface area contributed by atoms with E-state index in [0.29, 0.717) is 0 Å². The molecule has 0 aliphatic carbocycles. The van der Waals surface area contributed by atoms with E-state index in [1.165, 1.54) is 0 Å². The summed E-state index contributed by atoms with van der Waals surface area (Å²) in [6.07, 6.45) is 2.04. The molecule has 0 bridgehead atoms. The number of hydrogen-bond donors (Lipinski definition) is 1. The SMILES string of the molecule is CCC(c1ccccc1)C(O)c1c(Br)cnn1C. The number of hydrogen-bond acceptors (Lipinski definition) is 2. The maximum absolute atomic E-state index is 10.6. The van der Waals surface area contributed by atoms with Crippen molar-refractivity contribution in [3.63, 3.8) is 0 Å². The minimum Gasteiger partial charge on any atom is -0.386 e. The molecule has 2 atom stereocenters. The molecule has 0 saturated heterocycles. The van der Waals surface area contributed by atoms with Gasteiger partial charge in [-0.05, 0) is 27.9 Å². The second-order valence-electron chi connectivity index (χ2n) is 4.37. The van der Waals surface area contributed by atoms with Crippen LogP contribution < -0.4 is 0 Å². The van der Waals surface area contributed by atoms with Crippen LogP contribution in [0.15, 0.2) is 41.0 Å². The zero-order valence-electron chi connectivity index (χ0n) is 10.5. The van der Waals surface area contributed by atoms with Gasteiger partial charge >= 0.3 is 0 Å². The van der Waals surface area contributed by atoms with Crippen LogP contribution in [0.1, 0.15) is 36.6 Å². The zero-order valence-corrected chi connectivity index (χ0v) is 12.1. The Morgan fingerprint density at radius 3 is 2.50 bits per heavy atom. The fourth-order valence-corrected chi connectivity index (χ4v) is 2.87. The number of halogens is 1. The van der Waals surface area contributed by atoms with Gasteiger partial charge in [0.25, 0.3) is 0 Å². The summed E-state index contributed by atoms with van der Waals surface area (Å²) < 4.78 is 2.58. The van der Waals surface area contributed by atoms with Crippen LogP contribution in [-0.4, -0.2) is 14.9 Å². The Kier molecular flexibility index (Phi) is 4.19. The summed E-state index contributed by atoms with van der Waals surface area (Å²) >= 11 is 3.44. The van der Waals surface area contributed by atoms with Crippen LogP contribution in [0, 0.1) is 0 Å². The summed E-state index contributed by atoms with van der Waals surface area (Å²) in [5, 5.41) is 14.8. The van der Waals surface area contributed by atoms with Crippen molar-refractivity contribution < 1.29 is 5.11 Å². The molecular formula is C14H17BrN2O. The van der Waals surface area contributed by atoms with Gasteiger partial charge in [-0.25, -0.2) is 0 Å². The van der Waals surface area contributed by atoms with Gasteiger partial charge in [0.1, 0.15) is 6.10 Å². The standard InChI is InChI=1S/C14H17BrN2O/c1-3-11(10-7-5-4-6-8-10)14(18)13-12(15)9-16-17(13)2/h4-9,11,14,18H,3H2,1-2H3. The topological polar surface area (TPSA) is 38.1 Å². The number of aliphatic hydroxyl groups is 1. The lowest BCUT2D eigenvalue weighted by Gasteiger charge is -2.22. The summed E-state index contributed by atoms with van der Waals surface area (Å²) in [7, 11) is 1.85. The van der Waals surface area contributed by atoms with Crippen molar-refractivity contribution in [1.29, 1.82) is 0 Å². The van der Waals surface area contributed by atoms with E-state index in [1.807, 2.05) is 25.2 Å². The molecule has 2 unspecified atom stereocenters. The molecule has 96 valence electrons. The van der Waals surface area contributed by atoms with E-state index in [2.05, 4.69) is 40.1 Å². The van der Waals surface area contributed by atoms with E-state index in [9.17, 15) is 5.11 Å². The molecule has 3 nitrogen and oxygen atoms in total. The predicted molar refractivity (Wildman–Crippen MR) is 75.3 cm³/mol. The summed E-state index contributed by atoms with van der Waals surface area (Å²) in [6, 6.07) is 10.1. The zero-order chi connectivity index (χ0) is 13.1. The quantitative estimate of drug-likeness (QED) is 0.940. The highest BCUT2D eigenvalue weighted by Gasteiger charge is 2.25. The van der Waals surface area contributed by atoms with E-state index >= 15 is 0 Å². The largest absolute Gasteiger partial charge is 0.386 e. The van der Waals surface area contributed by atoms with Gasteiger partial charge in [0.15, 0.2) is 0 Å². The van der Waals surface area contributed by atoms with E-state index in [-0.39, 0.29) is 5.92 Å². The van der Waals surface area contributed by atoms with Crippen molar-refractivity contribution in [3.05, 3.63) is 52.3 Å². The number of aryl methyl sites for hydroxylation is 1. The van der Waals surface area contributed by atoms with Gasteiger partial charge in [-0.2, -0.15) is 5.10 Å². The maximum atomic E-state index is 10.6. The first-order valence-corrected chi connectivity index (χ1v) is 6.84. The molecule has 0 radical (unpaired) electrons. The first kappa shape index (κ1) is 13.3. The molecular weight excluding hydrogens is 292 g/mol. The fraction of sp³-hybridized carbons (Fsp3) is 0.357. The van der Waals surface area contributed by atoms with Crippen LogP contribution in [0.5, 0.6) is 0 Å². The lowest BCUT2D eigenvalue weighted by Crippen LogP contribution is -2.14. The molecule has 2 rings (SSSR count). The third-order valence-corrected chi connectivity index (χ3v) is 3.88. The van der Waals surface area contributed by atoms with Gasteiger partial charge in [0.2, 0.25) is 0 Å². The first-order valence-electron chi connectivity index (χ1n) is 6.05. The Labute approximate surface area is 116 Å². The smallest absolute Gasteiger partial charge is 0.104 e. The Morgan fingerprint density at radius 2 is 2.00 bits per heavy atom. The van der Waals surface area contributed by atoms with Gasteiger partial charge in [-0.15, -0.1) is 0 Å². The molecule has 1 heterocycles. The van der Waals surface area contributed by atoms with Crippen LogP contribution in [0.25, 0.3) is 0 Å². The second-order valence-corrected chi connectivity index (χ2v) is 5.23. The second kappa shape index (κ2) is 5.67. The molecule has 0 saturated carbocycles. The minimum atomic E-state index is -0.556. The van der Waals surface area contributed by atoms with Crippen molar-refractivity contribution in [2.24, 2.45) is 7.05 Å². The Hall–Kier alpha value is -1.13. The van der Waals surface area contributed by atoms with Crippen molar-refractivity contribution in [3.8, 4) is 0 Å². The highest BCUT2D eigenvalue weighted by Crippen LogP contribution is 2.36. The number of rotatable bonds is 4. The van der Waals surface area contributed by atoms with Crippen molar-refractivity contribution in [2.75, 3.05) is 0 Å². The third-order valence-electron chi connectivity index (χ3n) is 3.27. The van der Waals surface area contributed by atoms with E-state index in [1.54, 1.807) is 10.9 Å². The van der Waals surface area contributed by atoms with Crippen LogP contribution in [0.3, 0.4) is 0 Å². The molecule has 1 aromatic heterocycles. The van der Waals surface area contributed by atoms with Crippen molar-refractivity contribution in [1.82, 2.24) is 9.78 Å². The molecule has 0 spiro atoms. The van der Waals surface area contributed by atoms with Crippen LogP contribution in [-0.2, 0) is 7.05 Å². The third kappa shape index (κ3) is 2.49. The molecule has 18 heavy (non-hydrogen) atoms. The predicted octanol–water partition coefficient (Wildman–Crippen LogP) is 3.41. The Bertz CT molecular complexity index is 490. The molecule has 1 aromatic carbocycles. The van der Waals surface area contributed by atoms with Gasteiger partial charge < -0.3 is 5.11 Å². The molecule has 4 heteroatoms. The van der Waals surface area contributed by atoms with E-state index < -0.39 is 6.10 Å². The number of nitrogens with zero attached hydrogens (tertiary/aromatic N) is 2. The van der Waals surface area contributed by atoms with Crippen molar-refractivity contribution >= 4 is 15.9 Å². The minimum absolute atomic E-state index is 0.0814. The summed E-state index contributed by atoms with van der Waals surface area (Å²) in [6.45, 7) is 2.09. The monoisotopic (exact) mass is 308 g/mol. The molecule has 1 N–H and O–H groups in total. The summed E-state index contributed by atoms with van der Waals surface area (Å²) in [5.41, 5.74) is 1.98. The van der Waals surface area contributed by atoms with Gasteiger partial charge in [0, 0.05) is 13.0 Å². The fourth-order valence-electron chi connectivity index (χ4n) is 2.28. The molecule has 0 amide bonds. The molecule has 0 aliphatic rings. The molecule has 0 fully saturated rings. The summed E-state index contributed by atoms with van der Waals surface area (Å²) in [5.74, 6) is 0.0814. The van der Waals surface area contributed by atoms with E-state index in [4.69, 9.17) is 0 Å². The lowest BCUT2D eigenvalue weighted by molar-refractivity contribution is 0.133. The van der Waals surface area contributed by atoms with Gasteiger partial charge in [-0.1, -0.05) is 37.3 Å². The highest BCUT2D eigenvalue weighted by molar-refractivity contribution is 9.10. The number of aromatic nitrogens is 2. The maximum Gasteiger partial charge on any atom is 0.104 e. The van der Waals surface area contributed by atoms with Crippen LogP contribution in [0.2, 0.25) is 0 Å². The number of benzene rings is 1. The Morgan fingerprint density at radius 1 is 1.33 bits per heavy atom. The van der Waals surface area contributed by atoms with Crippen LogP contribution >= 0.6 is 15.9 Å².